The molecule has 1 fully saturated rings. The topological polar surface area (TPSA) is 66.4 Å². The van der Waals surface area contributed by atoms with Crippen molar-refractivity contribution in [1.29, 1.82) is 0 Å². The van der Waals surface area contributed by atoms with E-state index in [0.29, 0.717) is 18.7 Å². The Bertz CT molecular complexity index is 354. The Morgan fingerprint density at radius 2 is 2.11 bits per heavy atom. The lowest BCUT2D eigenvalue weighted by Crippen LogP contribution is -2.47. The van der Waals surface area contributed by atoms with Crippen LogP contribution in [-0.2, 0) is 9.84 Å². The highest BCUT2D eigenvalue weighted by molar-refractivity contribution is 7.98. The SMILES string of the molecule is CSCC(C)(O)CNC1CCCC(S(C)(=O)=O)C1. The van der Waals surface area contributed by atoms with Gasteiger partial charge in [0.25, 0.3) is 0 Å². The van der Waals surface area contributed by atoms with Crippen LogP contribution in [0.25, 0.3) is 0 Å². The van der Waals surface area contributed by atoms with E-state index in [0.717, 1.165) is 19.3 Å². The first-order valence-electron chi connectivity index (χ1n) is 6.38. The summed E-state index contributed by atoms with van der Waals surface area (Å²) in [6.07, 6.45) is 6.69. The third kappa shape index (κ3) is 5.47. The van der Waals surface area contributed by atoms with Crippen molar-refractivity contribution >= 4 is 21.6 Å². The van der Waals surface area contributed by atoms with Gasteiger partial charge in [0.2, 0.25) is 0 Å². The molecule has 1 aliphatic carbocycles. The Kier molecular flexibility index (Phi) is 5.96. The largest absolute Gasteiger partial charge is 0.388 e. The number of rotatable bonds is 6. The molecule has 1 rings (SSSR count). The second-order valence-electron chi connectivity index (χ2n) is 5.63. The molecular formula is C12H25NO3S2. The summed E-state index contributed by atoms with van der Waals surface area (Å²) in [4.78, 5) is 0. The highest BCUT2D eigenvalue weighted by Crippen LogP contribution is 2.24. The van der Waals surface area contributed by atoms with E-state index in [2.05, 4.69) is 5.32 Å². The minimum atomic E-state index is -2.93. The van der Waals surface area contributed by atoms with Gasteiger partial charge in [-0.05, 0) is 32.4 Å². The molecule has 0 heterocycles. The van der Waals surface area contributed by atoms with Crippen molar-refractivity contribution in [3.63, 3.8) is 0 Å². The summed E-state index contributed by atoms with van der Waals surface area (Å²) in [6, 6.07) is 0.215. The van der Waals surface area contributed by atoms with Crippen LogP contribution in [0.1, 0.15) is 32.6 Å². The van der Waals surface area contributed by atoms with Crippen molar-refractivity contribution in [3.05, 3.63) is 0 Å². The Balaban J connectivity index is 2.44. The van der Waals surface area contributed by atoms with E-state index in [1.165, 1.54) is 6.26 Å². The zero-order chi connectivity index (χ0) is 13.8. The van der Waals surface area contributed by atoms with E-state index in [9.17, 15) is 13.5 Å². The van der Waals surface area contributed by atoms with Crippen LogP contribution >= 0.6 is 11.8 Å². The molecule has 2 N–H and O–H groups in total. The zero-order valence-electron chi connectivity index (χ0n) is 11.5. The molecule has 0 aromatic rings. The lowest BCUT2D eigenvalue weighted by molar-refractivity contribution is 0.0796. The van der Waals surface area contributed by atoms with Gasteiger partial charge in [0.05, 0.1) is 10.9 Å². The maximum atomic E-state index is 11.6. The zero-order valence-corrected chi connectivity index (χ0v) is 13.1. The van der Waals surface area contributed by atoms with Gasteiger partial charge in [-0.1, -0.05) is 6.42 Å². The predicted octanol–water partition coefficient (Wildman–Crippen LogP) is 1.05. The second kappa shape index (κ2) is 6.59. The summed E-state index contributed by atoms with van der Waals surface area (Å²) < 4.78 is 23.1. The molecule has 0 spiro atoms. The van der Waals surface area contributed by atoms with Crippen LogP contribution in [0.5, 0.6) is 0 Å². The molecular weight excluding hydrogens is 270 g/mol. The highest BCUT2D eigenvalue weighted by Gasteiger charge is 2.30. The maximum Gasteiger partial charge on any atom is 0.150 e. The molecule has 0 aliphatic heterocycles. The van der Waals surface area contributed by atoms with E-state index in [1.807, 2.05) is 13.2 Å². The maximum absolute atomic E-state index is 11.6. The van der Waals surface area contributed by atoms with Gasteiger partial charge in [-0.25, -0.2) is 8.42 Å². The van der Waals surface area contributed by atoms with Gasteiger partial charge in [0, 0.05) is 24.6 Å². The fraction of sp³-hybridized carbons (Fsp3) is 1.00. The van der Waals surface area contributed by atoms with Crippen LogP contribution in [0.4, 0.5) is 0 Å². The van der Waals surface area contributed by atoms with Crippen molar-refractivity contribution in [3.8, 4) is 0 Å². The van der Waals surface area contributed by atoms with Gasteiger partial charge in [-0.3, -0.25) is 0 Å². The minimum Gasteiger partial charge on any atom is -0.388 e. The number of sulfone groups is 1. The summed E-state index contributed by atoms with van der Waals surface area (Å²) in [7, 11) is -2.93. The molecule has 0 aromatic heterocycles. The van der Waals surface area contributed by atoms with E-state index in [-0.39, 0.29) is 11.3 Å². The number of thioether (sulfide) groups is 1. The highest BCUT2D eigenvalue weighted by atomic mass is 32.2. The molecule has 6 heteroatoms. The van der Waals surface area contributed by atoms with Gasteiger partial charge in [0.1, 0.15) is 9.84 Å². The smallest absolute Gasteiger partial charge is 0.150 e. The molecule has 0 bridgehead atoms. The van der Waals surface area contributed by atoms with Crippen molar-refractivity contribution in [2.75, 3.05) is 24.8 Å². The molecule has 1 aliphatic rings. The van der Waals surface area contributed by atoms with Gasteiger partial charge in [0.15, 0.2) is 0 Å². The third-order valence-electron chi connectivity index (χ3n) is 3.46. The molecule has 0 aromatic carbocycles. The van der Waals surface area contributed by atoms with Crippen LogP contribution in [0.3, 0.4) is 0 Å². The second-order valence-corrected chi connectivity index (χ2v) is 8.82. The standard InChI is InChI=1S/C12H25NO3S2/c1-12(14,9-17-2)8-13-10-5-4-6-11(7-10)18(3,15)16/h10-11,13-14H,4-9H2,1-3H3. The molecule has 3 unspecified atom stereocenters. The van der Waals surface area contributed by atoms with Crippen molar-refractivity contribution in [1.82, 2.24) is 5.32 Å². The number of hydrogen-bond acceptors (Lipinski definition) is 5. The quantitative estimate of drug-likeness (QED) is 0.766. The molecule has 0 saturated heterocycles. The molecule has 4 nitrogen and oxygen atoms in total. The van der Waals surface area contributed by atoms with Crippen molar-refractivity contribution in [2.24, 2.45) is 0 Å². The van der Waals surface area contributed by atoms with Crippen LogP contribution in [0, 0.1) is 0 Å². The predicted molar refractivity (Wildman–Crippen MR) is 77.9 cm³/mol. The molecule has 108 valence electrons. The summed E-state index contributed by atoms with van der Waals surface area (Å²) in [5.74, 6) is 0.683. The summed E-state index contributed by atoms with van der Waals surface area (Å²) >= 11 is 1.61. The van der Waals surface area contributed by atoms with E-state index in [4.69, 9.17) is 0 Å². The first-order valence-corrected chi connectivity index (χ1v) is 9.73. The van der Waals surface area contributed by atoms with Crippen LogP contribution < -0.4 is 5.32 Å². The van der Waals surface area contributed by atoms with Gasteiger partial charge >= 0.3 is 0 Å². The average Bonchev–Trinajstić information content (AvgIpc) is 2.26. The fourth-order valence-corrected chi connectivity index (χ4v) is 4.35. The van der Waals surface area contributed by atoms with E-state index in [1.54, 1.807) is 11.8 Å². The average molecular weight is 295 g/mol. The van der Waals surface area contributed by atoms with Gasteiger partial charge in [-0.2, -0.15) is 11.8 Å². The molecule has 1 saturated carbocycles. The Hall–Kier alpha value is 0.220. The first-order chi connectivity index (χ1) is 8.24. The van der Waals surface area contributed by atoms with E-state index < -0.39 is 15.4 Å². The first kappa shape index (κ1) is 16.3. The number of nitrogens with one attached hydrogen (secondary N) is 1. The van der Waals surface area contributed by atoms with Crippen molar-refractivity contribution < 1.29 is 13.5 Å². The molecule has 18 heavy (non-hydrogen) atoms. The van der Waals surface area contributed by atoms with E-state index >= 15 is 0 Å². The van der Waals surface area contributed by atoms with Crippen LogP contribution in [0.15, 0.2) is 0 Å². The number of hydrogen-bond donors (Lipinski definition) is 2. The summed E-state index contributed by atoms with van der Waals surface area (Å²) in [6.45, 7) is 2.34. The van der Waals surface area contributed by atoms with Gasteiger partial charge in [-0.15, -0.1) is 0 Å². The normalized spacial score (nSPS) is 28.9. The third-order valence-corrected chi connectivity index (χ3v) is 6.01. The molecule has 3 atom stereocenters. The minimum absolute atomic E-state index is 0.214. The Labute approximate surface area is 115 Å². The summed E-state index contributed by atoms with van der Waals surface area (Å²) in [5, 5.41) is 13.2. The Morgan fingerprint density at radius 3 is 2.67 bits per heavy atom. The van der Waals surface area contributed by atoms with Crippen molar-refractivity contribution in [2.45, 2.75) is 49.5 Å². The van der Waals surface area contributed by atoms with Crippen LogP contribution in [0.2, 0.25) is 0 Å². The monoisotopic (exact) mass is 295 g/mol. The van der Waals surface area contributed by atoms with Crippen LogP contribution in [-0.4, -0.2) is 55.2 Å². The Morgan fingerprint density at radius 1 is 1.44 bits per heavy atom. The number of aliphatic hydroxyl groups is 1. The fourth-order valence-electron chi connectivity index (χ4n) is 2.45. The molecule has 0 amide bonds. The van der Waals surface area contributed by atoms with Gasteiger partial charge < -0.3 is 10.4 Å². The lowest BCUT2D eigenvalue weighted by Gasteiger charge is -2.31. The summed E-state index contributed by atoms with van der Waals surface area (Å²) in [5.41, 5.74) is -0.725. The molecule has 0 radical (unpaired) electrons. The lowest BCUT2D eigenvalue weighted by atomic mass is 9.94.